The van der Waals surface area contributed by atoms with Gasteiger partial charge in [-0.05, 0) is 37.6 Å². The lowest BCUT2D eigenvalue weighted by Gasteiger charge is -2.30. The minimum atomic E-state index is 0.350. The lowest BCUT2D eigenvalue weighted by molar-refractivity contribution is 0.133. The second-order valence-electron chi connectivity index (χ2n) is 5.20. The van der Waals surface area contributed by atoms with Gasteiger partial charge in [0.25, 0.3) is 0 Å². The molecule has 1 heterocycles. The van der Waals surface area contributed by atoms with Crippen molar-refractivity contribution in [2.75, 3.05) is 13.2 Å². The van der Waals surface area contributed by atoms with Crippen LogP contribution in [0.3, 0.4) is 0 Å². The zero-order valence-corrected chi connectivity index (χ0v) is 12.0. The highest BCUT2D eigenvalue weighted by molar-refractivity contribution is 7.09. The maximum absolute atomic E-state index is 9.37. The molecule has 1 fully saturated rings. The zero-order valence-electron chi connectivity index (χ0n) is 11.2. The summed E-state index contributed by atoms with van der Waals surface area (Å²) in [6, 6.07) is 0. The standard InChI is InChI=1S/C14H24N2OS/c1-2-14-16-13(10-18-14)8-15-7-11-5-3-4-6-12(11)9-17/h10-12,15,17H,2-9H2,1H3. The molecule has 0 saturated heterocycles. The van der Waals surface area contributed by atoms with Gasteiger partial charge in [0.15, 0.2) is 0 Å². The van der Waals surface area contributed by atoms with Crippen LogP contribution in [-0.2, 0) is 13.0 Å². The molecule has 2 rings (SSSR count). The molecule has 1 aromatic heterocycles. The molecule has 1 aromatic rings. The fraction of sp³-hybridized carbons (Fsp3) is 0.786. The molecule has 1 saturated carbocycles. The molecule has 1 aliphatic rings. The molecule has 2 unspecified atom stereocenters. The average molecular weight is 268 g/mol. The molecule has 18 heavy (non-hydrogen) atoms. The first-order valence-corrected chi connectivity index (χ1v) is 7.96. The van der Waals surface area contributed by atoms with Gasteiger partial charge in [-0.15, -0.1) is 11.3 Å². The van der Waals surface area contributed by atoms with Crippen LogP contribution in [0.2, 0.25) is 0 Å². The number of nitrogens with one attached hydrogen (secondary N) is 1. The summed E-state index contributed by atoms with van der Waals surface area (Å²) in [4.78, 5) is 4.56. The second kappa shape index (κ2) is 7.22. The smallest absolute Gasteiger partial charge is 0.0926 e. The van der Waals surface area contributed by atoms with Gasteiger partial charge in [-0.2, -0.15) is 0 Å². The largest absolute Gasteiger partial charge is 0.396 e. The monoisotopic (exact) mass is 268 g/mol. The summed E-state index contributed by atoms with van der Waals surface area (Å²) in [5.41, 5.74) is 1.16. The van der Waals surface area contributed by atoms with Gasteiger partial charge in [-0.25, -0.2) is 4.98 Å². The molecule has 3 nitrogen and oxygen atoms in total. The highest BCUT2D eigenvalue weighted by Gasteiger charge is 2.23. The summed E-state index contributed by atoms with van der Waals surface area (Å²) in [6.45, 7) is 4.38. The maximum Gasteiger partial charge on any atom is 0.0926 e. The number of aryl methyl sites for hydroxylation is 1. The summed E-state index contributed by atoms with van der Waals surface area (Å²) in [5, 5.41) is 16.2. The van der Waals surface area contributed by atoms with Gasteiger partial charge in [0, 0.05) is 18.5 Å². The first kappa shape index (κ1) is 14.0. The number of thiazole rings is 1. The lowest BCUT2D eigenvalue weighted by Crippen LogP contribution is -2.32. The van der Waals surface area contributed by atoms with Gasteiger partial charge in [0.2, 0.25) is 0 Å². The van der Waals surface area contributed by atoms with Crippen molar-refractivity contribution >= 4 is 11.3 Å². The Morgan fingerprint density at radius 3 is 2.83 bits per heavy atom. The Morgan fingerprint density at radius 2 is 2.17 bits per heavy atom. The van der Waals surface area contributed by atoms with Crippen LogP contribution in [0.5, 0.6) is 0 Å². The molecule has 2 atom stereocenters. The van der Waals surface area contributed by atoms with E-state index in [0.717, 1.165) is 25.2 Å². The molecule has 0 spiro atoms. The number of nitrogens with zero attached hydrogens (tertiary/aromatic N) is 1. The molecule has 0 aliphatic heterocycles. The molecule has 0 amide bonds. The summed E-state index contributed by atoms with van der Waals surface area (Å²) in [6.07, 6.45) is 6.09. The molecule has 102 valence electrons. The van der Waals surface area contributed by atoms with Crippen LogP contribution in [0.4, 0.5) is 0 Å². The Labute approximate surface area is 114 Å². The van der Waals surface area contributed by atoms with Gasteiger partial charge in [-0.1, -0.05) is 19.8 Å². The van der Waals surface area contributed by atoms with E-state index < -0.39 is 0 Å². The van der Waals surface area contributed by atoms with Crippen molar-refractivity contribution in [3.05, 3.63) is 16.1 Å². The maximum atomic E-state index is 9.37. The van der Waals surface area contributed by atoms with E-state index in [2.05, 4.69) is 22.6 Å². The first-order valence-electron chi connectivity index (χ1n) is 7.08. The molecule has 4 heteroatoms. The topological polar surface area (TPSA) is 45.2 Å². The third kappa shape index (κ3) is 3.77. The van der Waals surface area contributed by atoms with Crippen LogP contribution >= 0.6 is 11.3 Å². The molecule has 0 bridgehead atoms. The zero-order chi connectivity index (χ0) is 12.8. The van der Waals surface area contributed by atoms with E-state index >= 15 is 0 Å². The van der Waals surface area contributed by atoms with Crippen LogP contribution < -0.4 is 5.32 Å². The van der Waals surface area contributed by atoms with Crippen LogP contribution in [0.15, 0.2) is 5.38 Å². The van der Waals surface area contributed by atoms with Crippen molar-refractivity contribution in [2.45, 2.75) is 45.6 Å². The van der Waals surface area contributed by atoms with Crippen molar-refractivity contribution in [3.8, 4) is 0 Å². The number of rotatable bonds is 6. The first-order chi connectivity index (χ1) is 8.83. The lowest BCUT2D eigenvalue weighted by atomic mass is 9.79. The third-order valence-electron chi connectivity index (χ3n) is 3.92. The summed E-state index contributed by atoms with van der Waals surface area (Å²) < 4.78 is 0. The average Bonchev–Trinajstić information content (AvgIpc) is 2.87. The van der Waals surface area contributed by atoms with E-state index in [0.29, 0.717) is 18.4 Å². The van der Waals surface area contributed by atoms with Crippen LogP contribution in [0, 0.1) is 11.8 Å². The van der Waals surface area contributed by atoms with Crippen molar-refractivity contribution in [3.63, 3.8) is 0 Å². The highest BCUT2D eigenvalue weighted by Crippen LogP contribution is 2.29. The van der Waals surface area contributed by atoms with Crippen LogP contribution in [-0.4, -0.2) is 23.2 Å². The molecular weight excluding hydrogens is 244 g/mol. The van der Waals surface area contributed by atoms with Gasteiger partial charge in [-0.3, -0.25) is 0 Å². The molecule has 2 N–H and O–H groups in total. The quantitative estimate of drug-likeness (QED) is 0.833. The third-order valence-corrected chi connectivity index (χ3v) is 4.96. The fourth-order valence-electron chi connectivity index (χ4n) is 2.77. The Kier molecular flexibility index (Phi) is 5.60. The van der Waals surface area contributed by atoms with Crippen molar-refractivity contribution in [2.24, 2.45) is 11.8 Å². The Bertz CT molecular complexity index is 353. The van der Waals surface area contributed by atoms with E-state index in [9.17, 15) is 5.11 Å². The van der Waals surface area contributed by atoms with E-state index in [4.69, 9.17) is 0 Å². The number of aliphatic hydroxyl groups excluding tert-OH is 1. The predicted molar refractivity (Wildman–Crippen MR) is 75.7 cm³/mol. The van der Waals surface area contributed by atoms with Crippen molar-refractivity contribution < 1.29 is 5.11 Å². The number of hydrogen-bond acceptors (Lipinski definition) is 4. The van der Waals surface area contributed by atoms with Crippen LogP contribution in [0.1, 0.15) is 43.3 Å². The Morgan fingerprint density at radius 1 is 1.39 bits per heavy atom. The van der Waals surface area contributed by atoms with Crippen molar-refractivity contribution in [1.82, 2.24) is 10.3 Å². The van der Waals surface area contributed by atoms with Gasteiger partial charge >= 0.3 is 0 Å². The molecule has 0 radical (unpaired) electrons. The van der Waals surface area contributed by atoms with Gasteiger partial charge in [0.05, 0.1) is 10.7 Å². The Balaban J connectivity index is 1.73. The summed E-state index contributed by atoms with van der Waals surface area (Å²) in [5.74, 6) is 1.15. The van der Waals surface area contributed by atoms with E-state index in [1.165, 1.54) is 30.7 Å². The van der Waals surface area contributed by atoms with E-state index in [1.54, 1.807) is 11.3 Å². The fourth-order valence-corrected chi connectivity index (χ4v) is 3.52. The second-order valence-corrected chi connectivity index (χ2v) is 6.15. The number of aromatic nitrogens is 1. The van der Waals surface area contributed by atoms with E-state index in [-0.39, 0.29) is 0 Å². The van der Waals surface area contributed by atoms with Crippen molar-refractivity contribution in [1.29, 1.82) is 0 Å². The molecule has 1 aliphatic carbocycles. The number of aliphatic hydroxyl groups is 1. The number of hydrogen-bond donors (Lipinski definition) is 2. The van der Waals surface area contributed by atoms with Gasteiger partial charge in [0.1, 0.15) is 0 Å². The minimum Gasteiger partial charge on any atom is -0.396 e. The Hall–Kier alpha value is -0.450. The van der Waals surface area contributed by atoms with Crippen LogP contribution in [0.25, 0.3) is 0 Å². The molecule has 0 aromatic carbocycles. The SMILES string of the molecule is CCc1nc(CNCC2CCCCC2CO)cs1. The van der Waals surface area contributed by atoms with Gasteiger partial charge < -0.3 is 10.4 Å². The normalized spacial score (nSPS) is 24.3. The predicted octanol–water partition coefficient (Wildman–Crippen LogP) is 2.59. The molecular formula is C14H24N2OS. The van der Waals surface area contributed by atoms with E-state index in [1.807, 2.05) is 0 Å². The summed E-state index contributed by atoms with van der Waals surface area (Å²) in [7, 11) is 0. The summed E-state index contributed by atoms with van der Waals surface area (Å²) >= 11 is 1.75. The highest BCUT2D eigenvalue weighted by atomic mass is 32.1. The minimum absolute atomic E-state index is 0.350.